The van der Waals surface area contributed by atoms with Gasteiger partial charge in [0.05, 0.1) is 6.61 Å². The molecule has 1 heterocycles. The van der Waals surface area contributed by atoms with E-state index in [1.54, 1.807) is 0 Å². The van der Waals surface area contributed by atoms with E-state index in [4.69, 9.17) is 10.5 Å². The summed E-state index contributed by atoms with van der Waals surface area (Å²) in [6, 6.07) is 16.6. The molecule has 0 bridgehead atoms. The summed E-state index contributed by atoms with van der Waals surface area (Å²) >= 11 is 0. The van der Waals surface area contributed by atoms with Crippen LogP contribution in [0.3, 0.4) is 0 Å². The molecule has 22 heavy (non-hydrogen) atoms. The molecule has 3 rings (SSSR count). The Morgan fingerprint density at radius 2 is 1.86 bits per heavy atom. The Bertz CT molecular complexity index is 748. The molecular formula is C19H22N2O. The summed E-state index contributed by atoms with van der Waals surface area (Å²) in [5.41, 5.74) is 9.73. The first-order valence-corrected chi connectivity index (χ1v) is 7.80. The first-order valence-electron chi connectivity index (χ1n) is 7.80. The quantitative estimate of drug-likeness (QED) is 0.725. The number of rotatable bonds is 6. The van der Waals surface area contributed by atoms with Crippen molar-refractivity contribution in [3.8, 4) is 5.75 Å². The van der Waals surface area contributed by atoms with Gasteiger partial charge in [-0.25, -0.2) is 0 Å². The fourth-order valence-corrected chi connectivity index (χ4v) is 2.99. The van der Waals surface area contributed by atoms with Crippen LogP contribution in [0.25, 0.3) is 10.9 Å². The van der Waals surface area contributed by atoms with Crippen LogP contribution >= 0.6 is 0 Å². The predicted molar refractivity (Wildman–Crippen MR) is 91.4 cm³/mol. The van der Waals surface area contributed by atoms with E-state index < -0.39 is 0 Å². The number of para-hydroxylation sites is 2. The fraction of sp³-hybridized carbons (Fsp3) is 0.263. The van der Waals surface area contributed by atoms with E-state index in [-0.39, 0.29) is 5.92 Å². The highest BCUT2D eigenvalue weighted by molar-refractivity contribution is 5.83. The van der Waals surface area contributed by atoms with Gasteiger partial charge in [0.1, 0.15) is 5.75 Å². The van der Waals surface area contributed by atoms with Gasteiger partial charge in [-0.2, -0.15) is 0 Å². The lowest BCUT2D eigenvalue weighted by molar-refractivity contribution is 0.334. The zero-order valence-electron chi connectivity index (χ0n) is 12.9. The van der Waals surface area contributed by atoms with Gasteiger partial charge in [0.25, 0.3) is 0 Å². The minimum atomic E-state index is 0.252. The number of aromatic amines is 1. The van der Waals surface area contributed by atoms with E-state index in [0.717, 1.165) is 12.2 Å². The Labute approximate surface area is 131 Å². The van der Waals surface area contributed by atoms with E-state index in [2.05, 4.69) is 41.5 Å². The largest absolute Gasteiger partial charge is 0.494 e. The standard InChI is InChI=1S/C19H22N2O/c1-2-22-19-10-6-4-8-17(19)14(12-20)11-15-13-21-18-9-5-3-7-16(15)18/h3-10,13-14,21H,2,11-12,20H2,1H3. The molecule has 3 N–H and O–H groups in total. The molecule has 1 aromatic heterocycles. The van der Waals surface area contributed by atoms with Crippen LogP contribution in [0.2, 0.25) is 0 Å². The van der Waals surface area contributed by atoms with Gasteiger partial charge >= 0.3 is 0 Å². The lowest BCUT2D eigenvalue weighted by atomic mass is 9.91. The molecule has 1 unspecified atom stereocenters. The second-order valence-corrected chi connectivity index (χ2v) is 5.47. The van der Waals surface area contributed by atoms with Gasteiger partial charge in [-0.3, -0.25) is 0 Å². The van der Waals surface area contributed by atoms with Crippen LogP contribution in [-0.2, 0) is 6.42 Å². The lowest BCUT2D eigenvalue weighted by Gasteiger charge is -2.18. The van der Waals surface area contributed by atoms with Crippen molar-refractivity contribution < 1.29 is 4.74 Å². The van der Waals surface area contributed by atoms with Crippen LogP contribution in [-0.4, -0.2) is 18.1 Å². The van der Waals surface area contributed by atoms with Crippen LogP contribution in [0.15, 0.2) is 54.7 Å². The van der Waals surface area contributed by atoms with E-state index in [1.165, 1.54) is 22.0 Å². The average molecular weight is 294 g/mol. The monoisotopic (exact) mass is 294 g/mol. The number of benzene rings is 2. The van der Waals surface area contributed by atoms with Crippen molar-refractivity contribution >= 4 is 10.9 Å². The third-order valence-corrected chi connectivity index (χ3v) is 4.08. The van der Waals surface area contributed by atoms with E-state index >= 15 is 0 Å². The summed E-state index contributed by atoms with van der Waals surface area (Å²) in [5.74, 6) is 1.20. The number of hydrogen-bond donors (Lipinski definition) is 2. The van der Waals surface area contributed by atoms with Gasteiger partial charge in [0, 0.05) is 23.0 Å². The number of hydrogen-bond acceptors (Lipinski definition) is 2. The maximum Gasteiger partial charge on any atom is 0.122 e. The van der Waals surface area contributed by atoms with E-state index in [1.807, 2.05) is 25.1 Å². The Hall–Kier alpha value is -2.26. The van der Waals surface area contributed by atoms with Crippen LogP contribution in [0.5, 0.6) is 5.75 Å². The van der Waals surface area contributed by atoms with Crippen LogP contribution in [0, 0.1) is 0 Å². The van der Waals surface area contributed by atoms with Crippen LogP contribution < -0.4 is 10.5 Å². The Morgan fingerprint density at radius 1 is 1.09 bits per heavy atom. The zero-order valence-corrected chi connectivity index (χ0v) is 12.9. The van der Waals surface area contributed by atoms with Crippen LogP contribution in [0.4, 0.5) is 0 Å². The molecule has 0 aliphatic carbocycles. The third-order valence-electron chi connectivity index (χ3n) is 4.08. The van der Waals surface area contributed by atoms with Crippen molar-refractivity contribution in [3.63, 3.8) is 0 Å². The maximum absolute atomic E-state index is 6.06. The number of nitrogens with two attached hydrogens (primary N) is 1. The molecule has 2 aromatic carbocycles. The molecule has 0 aliphatic heterocycles. The first-order chi connectivity index (χ1) is 10.8. The van der Waals surface area contributed by atoms with Crippen molar-refractivity contribution in [2.45, 2.75) is 19.3 Å². The topological polar surface area (TPSA) is 51.0 Å². The molecule has 0 spiro atoms. The molecule has 0 fully saturated rings. The van der Waals surface area contributed by atoms with Gasteiger partial charge in [0.15, 0.2) is 0 Å². The summed E-state index contributed by atoms with van der Waals surface area (Å²) in [7, 11) is 0. The van der Waals surface area contributed by atoms with Gasteiger partial charge in [-0.05, 0) is 43.1 Å². The minimum absolute atomic E-state index is 0.252. The minimum Gasteiger partial charge on any atom is -0.494 e. The molecule has 1 atom stereocenters. The Balaban J connectivity index is 1.92. The van der Waals surface area contributed by atoms with E-state index in [9.17, 15) is 0 Å². The number of nitrogens with one attached hydrogen (secondary N) is 1. The molecule has 0 saturated heterocycles. The molecule has 0 aliphatic rings. The summed E-state index contributed by atoms with van der Waals surface area (Å²) < 4.78 is 5.76. The van der Waals surface area contributed by atoms with Gasteiger partial charge < -0.3 is 15.5 Å². The summed E-state index contributed by atoms with van der Waals surface area (Å²) in [5, 5.41) is 1.27. The molecule has 3 nitrogen and oxygen atoms in total. The van der Waals surface area contributed by atoms with Gasteiger partial charge in [-0.1, -0.05) is 36.4 Å². The fourth-order valence-electron chi connectivity index (χ4n) is 2.99. The smallest absolute Gasteiger partial charge is 0.122 e. The summed E-state index contributed by atoms with van der Waals surface area (Å²) in [6.45, 7) is 3.28. The average Bonchev–Trinajstić information content (AvgIpc) is 2.97. The number of ether oxygens (including phenoxy) is 1. The highest BCUT2D eigenvalue weighted by Gasteiger charge is 2.17. The summed E-state index contributed by atoms with van der Waals surface area (Å²) in [6.07, 6.45) is 3.00. The molecular weight excluding hydrogens is 272 g/mol. The maximum atomic E-state index is 6.06. The lowest BCUT2D eigenvalue weighted by Crippen LogP contribution is -2.16. The highest BCUT2D eigenvalue weighted by Crippen LogP contribution is 2.30. The highest BCUT2D eigenvalue weighted by atomic mass is 16.5. The molecule has 3 heteroatoms. The normalized spacial score (nSPS) is 12.5. The molecule has 0 amide bonds. The third kappa shape index (κ3) is 2.85. The predicted octanol–water partition coefficient (Wildman–Crippen LogP) is 3.85. The molecule has 0 saturated carbocycles. The molecule has 3 aromatic rings. The molecule has 114 valence electrons. The summed E-state index contributed by atoms with van der Waals surface area (Å²) in [4.78, 5) is 3.34. The van der Waals surface area contributed by atoms with Crippen molar-refractivity contribution in [1.82, 2.24) is 4.98 Å². The number of fused-ring (bicyclic) bond motifs is 1. The van der Waals surface area contributed by atoms with Crippen molar-refractivity contribution in [2.24, 2.45) is 5.73 Å². The SMILES string of the molecule is CCOc1ccccc1C(CN)Cc1c[nH]c2ccccc12. The van der Waals surface area contributed by atoms with Crippen molar-refractivity contribution in [3.05, 3.63) is 65.9 Å². The zero-order chi connectivity index (χ0) is 15.4. The Kier molecular flexibility index (Phi) is 4.45. The van der Waals surface area contributed by atoms with Gasteiger partial charge in [0.2, 0.25) is 0 Å². The molecule has 0 radical (unpaired) electrons. The first kappa shape index (κ1) is 14.7. The second-order valence-electron chi connectivity index (χ2n) is 5.47. The second kappa shape index (κ2) is 6.67. The van der Waals surface area contributed by atoms with Gasteiger partial charge in [-0.15, -0.1) is 0 Å². The van der Waals surface area contributed by atoms with E-state index in [0.29, 0.717) is 13.2 Å². The van der Waals surface area contributed by atoms with Crippen molar-refractivity contribution in [2.75, 3.05) is 13.2 Å². The number of H-pyrrole nitrogens is 1. The van der Waals surface area contributed by atoms with Crippen molar-refractivity contribution in [1.29, 1.82) is 0 Å². The van der Waals surface area contributed by atoms with Crippen LogP contribution in [0.1, 0.15) is 24.0 Å². The Morgan fingerprint density at radius 3 is 2.68 bits per heavy atom. The number of aromatic nitrogens is 1.